The van der Waals surface area contributed by atoms with Gasteiger partial charge < -0.3 is 24.1 Å². The molecule has 4 rings (SSSR count). The van der Waals surface area contributed by atoms with Gasteiger partial charge in [0.15, 0.2) is 16.6 Å². The number of benzene rings is 2. The van der Waals surface area contributed by atoms with Crippen LogP contribution in [0.5, 0.6) is 11.5 Å². The molecule has 1 aliphatic heterocycles. The van der Waals surface area contributed by atoms with Crippen LogP contribution in [0, 0.1) is 0 Å². The van der Waals surface area contributed by atoms with Gasteiger partial charge in [0.05, 0.1) is 0 Å². The standard InChI is InChI=1S/C21H22N2O3S/c1-3-17-16(15-6-4-5-7-18(15)26-17)12-23(2)21(27)22-11-14-8-9-19-20(10-14)25-13-24-19/h4-10H,3,11-13H2,1-2H3,(H,22,27). The predicted octanol–water partition coefficient (Wildman–Crippen LogP) is 4.23. The Morgan fingerprint density at radius 2 is 1.96 bits per heavy atom. The van der Waals surface area contributed by atoms with Crippen LogP contribution < -0.4 is 14.8 Å². The lowest BCUT2D eigenvalue weighted by molar-refractivity contribution is 0.174. The van der Waals surface area contributed by atoms with Gasteiger partial charge in [-0.2, -0.15) is 0 Å². The van der Waals surface area contributed by atoms with Crippen molar-refractivity contribution < 1.29 is 13.9 Å². The molecular formula is C21H22N2O3S. The Morgan fingerprint density at radius 3 is 2.81 bits per heavy atom. The molecule has 2 heterocycles. The summed E-state index contributed by atoms with van der Waals surface area (Å²) in [6.45, 7) is 3.73. The molecule has 5 nitrogen and oxygen atoms in total. The van der Waals surface area contributed by atoms with Gasteiger partial charge in [-0.3, -0.25) is 0 Å². The zero-order valence-electron chi connectivity index (χ0n) is 15.5. The summed E-state index contributed by atoms with van der Waals surface area (Å²) < 4.78 is 16.8. The van der Waals surface area contributed by atoms with E-state index in [9.17, 15) is 0 Å². The summed E-state index contributed by atoms with van der Waals surface area (Å²) >= 11 is 5.58. The van der Waals surface area contributed by atoms with E-state index in [1.165, 1.54) is 5.56 Å². The molecule has 1 aliphatic rings. The molecular weight excluding hydrogens is 360 g/mol. The van der Waals surface area contributed by atoms with Gasteiger partial charge in [0.2, 0.25) is 6.79 Å². The van der Waals surface area contributed by atoms with Gasteiger partial charge in [0, 0.05) is 37.5 Å². The quantitative estimate of drug-likeness (QED) is 0.667. The fourth-order valence-electron chi connectivity index (χ4n) is 3.28. The minimum atomic E-state index is 0.284. The molecule has 0 unspecified atom stereocenters. The van der Waals surface area contributed by atoms with Crippen molar-refractivity contribution in [2.24, 2.45) is 0 Å². The smallest absolute Gasteiger partial charge is 0.231 e. The number of rotatable bonds is 5. The van der Waals surface area contributed by atoms with E-state index in [2.05, 4.69) is 18.3 Å². The number of ether oxygens (including phenoxy) is 2. The normalized spacial score (nSPS) is 12.4. The van der Waals surface area contributed by atoms with Crippen LogP contribution in [0.3, 0.4) is 0 Å². The predicted molar refractivity (Wildman–Crippen MR) is 109 cm³/mol. The summed E-state index contributed by atoms with van der Waals surface area (Å²) in [5, 5.41) is 5.17. The van der Waals surface area contributed by atoms with Gasteiger partial charge in [0.25, 0.3) is 0 Å². The number of para-hydroxylation sites is 1. The molecule has 140 valence electrons. The highest BCUT2D eigenvalue weighted by Gasteiger charge is 2.16. The van der Waals surface area contributed by atoms with E-state index < -0.39 is 0 Å². The van der Waals surface area contributed by atoms with Gasteiger partial charge in [-0.1, -0.05) is 31.2 Å². The second-order valence-corrected chi connectivity index (χ2v) is 6.94. The average molecular weight is 382 g/mol. The SMILES string of the molecule is CCc1oc2ccccc2c1CN(C)C(=S)NCc1ccc2c(c1)OCO2. The van der Waals surface area contributed by atoms with Crippen LogP contribution >= 0.6 is 12.2 Å². The van der Waals surface area contributed by atoms with Crippen molar-refractivity contribution in [2.75, 3.05) is 13.8 Å². The lowest BCUT2D eigenvalue weighted by atomic mass is 10.1. The maximum absolute atomic E-state index is 5.98. The lowest BCUT2D eigenvalue weighted by Crippen LogP contribution is -2.36. The topological polar surface area (TPSA) is 46.9 Å². The summed E-state index contributed by atoms with van der Waals surface area (Å²) in [4.78, 5) is 2.04. The number of hydrogen-bond donors (Lipinski definition) is 1. The maximum Gasteiger partial charge on any atom is 0.231 e. The summed E-state index contributed by atoms with van der Waals surface area (Å²) in [5.41, 5.74) is 3.22. The van der Waals surface area contributed by atoms with E-state index >= 15 is 0 Å². The number of fused-ring (bicyclic) bond motifs is 2. The van der Waals surface area contributed by atoms with Gasteiger partial charge in [-0.25, -0.2) is 0 Å². The summed E-state index contributed by atoms with van der Waals surface area (Å²) in [6.07, 6.45) is 0.856. The fraction of sp³-hybridized carbons (Fsp3) is 0.286. The van der Waals surface area contributed by atoms with Crippen LogP contribution in [-0.2, 0) is 19.5 Å². The monoisotopic (exact) mass is 382 g/mol. The second-order valence-electron chi connectivity index (χ2n) is 6.56. The number of furan rings is 1. The van der Waals surface area contributed by atoms with Crippen LogP contribution in [0.2, 0.25) is 0 Å². The Hall–Kier alpha value is -2.73. The first-order valence-electron chi connectivity index (χ1n) is 9.02. The van der Waals surface area contributed by atoms with Gasteiger partial charge in [-0.05, 0) is 36.0 Å². The Kier molecular flexibility index (Phi) is 4.90. The first-order chi connectivity index (χ1) is 13.2. The molecule has 0 fully saturated rings. The van der Waals surface area contributed by atoms with Crippen LogP contribution in [-0.4, -0.2) is 23.9 Å². The molecule has 3 aromatic rings. The van der Waals surface area contributed by atoms with Crippen molar-refractivity contribution in [3.63, 3.8) is 0 Å². The third-order valence-electron chi connectivity index (χ3n) is 4.73. The number of hydrogen-bond acceptors (Lipinski definition) is 4. The van der Waals surface area contributed by atoms with Crippen molar-refractivity contribution in [3.8, 4) is 11.5 Å². The molecule has 1 aromatic heterocycles. The van der Waals surface area contributed by atoms with E-state index in [0.717, 1.165) is 40.2 Å². The van der Waals surface area contributed by atoms with Crippen molar-refractivity contribution in [2.45, 2.75) is 26.4 Å². The van der Waals surface area contributed by atoms with Crippen molar-refractivity contribution in [1.29, 1.82) is 0 Å². The minimum absolute atomic E-state index is 0.284. The third kappa shape index (κ3) is 3.57. The van der Waals surface area contributed by atoms with Crippen molar-refractivity contribution in [1.82, 2.24) is 10.2 Å². The van der Waals surface area contributed by atoms with Gasteiger partial charge in [-0.15, -0.1) is 0 Å². The van der Waals surface area contributed by atoms with Crippen LogP contribution in [0.4, 0.5) is 0 Å². The Balaban J connectivity index is 1.42. The number of nitrogens with one attached hydrogen (secondary N) is 1. The van der Waals surface area contributed by atoms with Crippen LogP contribution in [0.15, 0.2) is 46.9 Å². The van der Waals surface area contributed by atoms with E-state index in [4.69, 9.17) is 26.1 Å². The van der Waals surface area contributed by atoms with Crippen LogP contribution in [0.25, 0.3) is 11.0 Å². The number of thiocarbonyl (C=S) groups is 1. The lowest BCUT2D eigenvalue weighted by Gasteiger charge is -2.21. The zero-order valence-corrected chi connectivity index (χ0v) is 16.3. The summed E-state index contributed by atoms with van der Waals surface area (Å²) in [5.74, 6) is 2.59. The molecule has 6 heteroatoms. The van der Waals surface area contributed by atoms with Gasteiger partial charge in [0.1, 0.15) is 11.3 Å². The second kappa shape index (κ2) is 7.48. The molecule has 0 aliphatic carbocycles. The first-order valence-corrected chi connectivity index (χ1v) is 9.43. The highest BCUT2D eigenvalue weighted by Crippen LogP contribution is 2.32. The summed E-state index contributed by atoms with van der Waals surface area (Å²) in [7, 11) is 2.00. The van der Waals surface area contributed by atoms with Crippen molar-refractivity contribution >= 4 is 28.3 Å². The highest BCUT2D eigenvalue weighted by atomic mass is 32.1. The zero-order chi connectivity index (χ0) is 18.8. The Morgan fingerprint density at radius 1 is 1.15 bits per heavy atom. The number of nitrogens with zero attached hydrogens (tertiary/aromatic N) is 1. The van der Waals surface area contributed by atoms with E-state index in [0.29, 0.717) is 18.2 Å². The molecule has 0 bridgehead atoms. The number of aryl methyl sites for hydroxylation is 1. The fourth-order valence-corrected chi connectivity index (χ4v) is 3.42. The van der Waals surface area contributed by atoms with E-state index in [1.807, 2.05) is 48.3 Å². The maximum atomic E-state index is 5.98. The molecule has 0 saturated carbocycles. The molecule has 0 amide bonds. The third-order valence-corrected chi connectivity index (χ3v) is 5.18. The molecule has 0 atom stereocenters. The van der Waals surface area contributed by atoms with Gasteiger partial charge >= 0.3 is 0 Å². The highest BCUT2D eigenvalue weighted by molar-refractivity contribution is 7.80. The van der Waals surface area contributed by atoms with Crippen molar-refractivity contribution in [3.05, 3.63) is 59.4 Å². The van der Waals surface area contributed by atoms with E-state index in [-0.39, 0.29) is 6.79 Å². The minimum Gasteiger partial charge on any atom is -0.461 e. The van der Waals surface area contributed by atoms with Crippen LogP contribution in [0.1, 0.15) is 23.8 Å². The molecule has 2 aromatic carbocycles. The Bertz CT molecular complexity index is 983. The molecule has 0 spiro atoms. The largest absolute Gasteiger partial charge is 0.461 e. The summed E-state index contributed by atoms with van der Waals surface area (Å²) in [6, 6.07) is 14.1. The van der Waals surface area contributed by atoms with E-state index in [1.54, 1.807) is 0 Å². The molecule has 27 heavy (non-hydrogen) atoms. The molecule has 1 N–H and O–H groups in total. The molecule has 0 radical (unpaired) electrons. The molecule has 0 saturated heterocycles. The first kappa shape index (κ1) is 17.7. The Labute approximate surface area is 163 Å². The average Bonchev–Trinajstić information content (AvgIpc) is 3.30.